The molecule has 1 aromatic rings. The normalized spacial score (nSPS) is 20.9. The smallest absolute Gasteiger partial charge is 0.0924 e. The van der Waals surface area contributed by atoms with Crippen molar-refractivity contribution in [3.63, 3.8) is 0 Å². The maximum Gasteiger partial charge on any atom is 0.0924 e. The van der Waals surface area contributed by atoms with Crippen LogP contribution in [-0.2, 0) is 6.42 Å². The molecule has 1 aliphatic rings. The number of rotatable bonds is 6. The molecule has 15 heavy (non-hydrogen) atoms. The third-order valence-electron chi connectivity index (χ3n) is 2.66. The van der Waals surface area contributed by atoms with Crippen molar-refractivity contribution >= 4 is 23.1 Å². The zero-order chi connectivity index (χ0) is 10.3. The summed E-state index contributed by atoms with van der Waals surface area (Å²) in [5.74, 6) is 2.66. The number of aryl methyl sites for hydroxylation is 1. The van der Waals surface area contributed by atoms with Crippen LogP contribution in [0.25, 0.3) is 0 Å². The van der Waals surface area contributed by atoms with E-state index in [1.54, 1.807) is 11.3 Å². The van der Waals surface area contributed by atoms with Crippen LogP contribution in [0.2, 0.25) is 0 Å². The van der Waals surface area contributed by atoms with E-state index in [1.165, 1.54) is 42.3 Å². The molecule has 1 unspecified atom stereocenters. The Balaban J connectivity index is 1.48. The molecule has 1 fully saturated rings. The van der Waals surface area contributed by atoms with E-state index in [1.807, 2.05) is 6.20 Å². The van der Waals surface area contributed by atoms with Gasteiger partial charge in [-0.1, -0.05) is 0 Å². The van der Waals surface area contributed by atoms with Crippen molar-refractivity contribution in [2.24, 2.45) is 0 Å². The minimum Gasteiger partial charge on any atom is -0.313 e. The van der Waals surface area contributed by atoms with Gasteiger partial charge in [0.2, 0.25) is 0 Å². The van der Waals surface area contributed by atoms with Gasteiger partial charge in [0.05, 0.1) is 5.01 Å². The molecule has 2 heterocycles. The minimum absolute atomic E-state index is 0.787. The van der Waals surface area contributed by atoms with E-state index in [0.29, 0.717) is 0 Å². The Bertz CT molecular complexity index is 256. The maximum atomic E-state index is 4.29. The summed E-state index contributed by atoms with van der Waals surface area (Å²) >= 11 is 3.84. The SMILES string of the molecule is c1csc(CCCCNC2CCSC2)n1. The van der Waals surface area contributed by atoms with Gasteiger partial charge < -0.3 is 5.32 Å². The van der Waals surface area contributed by atoms with Crippen molar-refractivity contribution < 1.29 is 0 Å². The number of hydrogen-bond acceptors (Lipinski definition) is 4. The summed E-state index contributed by atoms with van der Waals surface area (Å²) in [7, 11) is 0. The van der Waals surface area contributed by atoms with E-state index >= 15 is 0 Å². The van der Waals surface area contributed by atoms with Gasteiger partial charge in [0.15, 0.2) is 0 Å². The Morgan fingerprint density at radius 1 is 1.47 bits per heavy atom. The van der Waals surface area contributed by atoms with Gasteiger partial charge >= 0.3 is 0 Å². The Hall–Kier alpha value is -0.0600. The average molecular weight is 242 g/mol. The zero-order valence-corrected chi connectivity index (χ0v) is 10.6. The number of unbranched alkanes of at least 4 members (excludes halogenated alkanes) is 1. The highest BCUT2D eigenvalue weighted by Crippen LogP contribution is 2.17. The predicted octanol–water partition coefficient (Wildman–Crippen LogP) is 2.56. The van der Waals surface area contributed by atoms with Crippen LogP contribution >= 0.6 is 23.1 Å². The molecule has 1 N–H and O–H groups in total. The monoisotopic (exact) mass is 242 g/mol. The number of nitrogens with zero attached hydrogens (tertiary/aromatic N) is 1. The summed E-state index contributed by atoms with van der Waals surface area (Å²) in [6.45, 7) is 1.18. The number of nitrogens with one attached hydrogen (secondary N) is 1. The summed E-state index contributed by atoms with van der Waals surface area (Å²) in [6, 6.07) is 0.787. The fourth-order valence-electron chi connectivity index (χ4n) is 1.78. The second-order valence-corrected chi connectivity index (χ2v) is 6.03. The van der Waals surface area contributed by atoms with Crippen molar-refractivity contribution in [2.75, 3.05) is 18.1 Å². The van der Waals surface area contributed by atoms with Gasteiger partial charge in [-0.25, -0.2) is 4.98 Å². The summed E-state index contributed by atoms with van der Waals surface area (Å²) in [5, 5.41) is 6.97. The fourth-order valence-corrected chi connectivity index (χ4v) is 3.63. The molecule has 1 saturated heterocycles. The van der Waals surface area contributed by atoms with Gasteiger partial charge in [-0.3, -0.25) is 0 Å². The third-order valence-corrected chi connectivity index (χ3v) is 4.67. The molecular weight excluding hydrogens is 224 g/mol. The van der Waals surface area contributed by atoms with Crippen LogP contribution in [0.15, 0.2) is 11.6 Å². The van der Waals surface area contributed by atoms with Gasteiger partial charge in [0.1, 0.15) is 0 Å². The molecule has 0 saturated carbocycles. The Morgan fingerprint density at radius 3 is 3.20 bits per heavy atom. The van der Waals surface area contributed by atoms with Gasteiger partial charge in [-0.2, -0.15) is 11.8 Å². The van der Waals surface area contributed by atoms with Gasteiger partial charge in [0, 0.05) is 23.4 Å². The van der Waals surface area contributed by atoms with Gasteiger partial charge in [0.25, 0.3) is 0 Å². The Morgan fingerprint density at radius 2 is 2.47 bits per heavy atom. The molecule has 1 atom stereocenters. The van der Waals surface area contributed by atoms with Crippen molar-refractivity contribution in [1.29, 1.82) is 0 Å². The maximum absolute atomic E-state index is 4.29. The average Bonchev–Trinajstić information content (AvgIpc) is 2.88. The van der Waals surface area contributed by atoms with Crippen molar-refractivity contribution in [3.05, 3.63) is 16.6 Å². The molecule has 0 radical (unpaired) electrons. The number of thiazole rings is 1. The largest absolute Gasteiger partial charge is 0.313 e. The molecule has 0 amide bonds. The van der Waals surface area contributed by atoms with Crippen molar-refractivity contribution in [3.8, 4) is 0 Å². The number of hydrogen-bond donors (Lipinski definition) is 1. The second kappa shape index (κ2) is 6.51. The quantitative estimate of drug-likeness (QED) is 0.776. The first-order chi connectivity index (χ1) is 7.45. The number of aromatic nitrogens is 1. The lowest BCUT2D eigenvalue weighted by atomic mass is 10.2. The van der Waals surface area contributed by atoms with Crippen LogP contribution in [0.1, 0.15) is 24.3 Å². The molecule has 1 aliphatic heterocycles. The standard InChI is InChI=1S/C11H18N2S2/c1(3-11-13-6-8-15-11)2-5-12-10-4-7-14-9-10/h6,8,10,12H,1-5,7,9H2. The third kappa shape index (κ3) is 4.13. The lowest BCUT2D eigenvalue weighted by Gasteiger charge is -2.10. The summed E-state index contributed by atoms with van der Waals surface area (Å²) in [4.78, 5) is 4.29. The first-order valence-corrected chi connectivity index (χ1v) is 7.68. The van der Waals surface area contributed by atoms with Crippen LogP contribution in [0.3, 0.4) is 0 Å². The van der Waals surface area contributed by atoms with E-state index in [-0.39, 0.29) is 0 Å². The second-order valence-electron chi connectivity index (χ2n) is 3.90. The topological polar surface area (TPSA) is 24.9 Å². The van der Waals surface area contributed by atoms with Crippen molar-refractivity contribution in [1.82, 2.24) is 10.3 Å². The zero-order valence-electron chi connectivity index (χ0n) is 8.95. The lowest BCUT2D eigenvalue weighted by molar-refractivity contribution is 0.535. The molecule has 0 aliphatic carbocycles. The molecule has 0 bridgehead atoms. The van der Waals surface area contributed by atoms with Gasteiger partial charge in [-0.15, -0.1) is 11.3 Å². The Kier molecular flexibility index (Phi) is 4.96. The number of thioether (sulfide) groups is 1. The van der Waals surface area contributed by atoms with Crippen LogP contribution in [-0.4, -0.2) is 29.1 Å². The van der Waals surface area contributed by atoms with Crippen LogP contribution in [0.4, 0.5) is 0 Å². The Labute approximate surface area is 99.9 Å². The van der Waals surface area contributed by atoms with E-state index in [2.05, 4.69) is 27.4 Å². The van der Waals surface area contributed by atoms with Crippen LogP contribution < -0.4 is 5.32 Å². The highest BCUT2D eigenvalue weighted by molar-refractivity contribution is 7.99. The highest BCUT2D eigenvalue weighted by Gasteiger charge is 2.13. The predicted molar refractivity (Wildman–Crippen MR) is 68.8 cm³/mol. The molecule has 84 valence electrons. The molecule has 0 aromatic carbocycles. The van der Waals surface area contributed by atoms with E-state index in [0.717, 1.165) is 12.5 Å². The van der Waals surface area contributed by atoms with Gasteiger partial charge in [-0.05, 0) is 38.0 Å². The van der Waals surface area contributed by atoms with Crippen LogP contribution in [0, 0.1) is 0 Å². The molecule has 0 spiro atoms. The minimum atomic E-state index is 0.787. The molecular formula is C11H18N2S2. The summed E-state index contributed by atoms with van der Waals surface area (Å²) in [5.41, 5.74) is 0. The first-order valence-electron chi connectivity index (χ1n) is 5.64. The van der Waals surface area contributed by atoms with Crippen molar-refractivity contribution in [2.45, 2.75) is 31.7 Å². The summed E-state index contributed by atoms with van der Waals surface area (Å²) in [6.07, 6.45) is 6.95. The fraction of sp³-hybridized carbons (Fsp3) is 0.727. The van der Waals surface area contributed by atoms with E-state index in [4.69, 9.17) is 0 Å². The van der Waals surface area contributed by atoms with E-state index in [9.17, 15) is 0 Å². The lowest BCUT2D eigenvalue weighted by Crippen LogP contribution is -2.29. The first kappa shape index (κ1) is 11.4. The highest BCUT2D eigenvalue weighted by atomic mass is 32.2. The summed E-state index contributed by atoms with van der Waals surface area (Å²) < 4.78 is 0. The molecule has 2 rings (SSSR count). The van der Waals surface area contributed by atoms with Crippen LogP contribution in [0.5, 0.6) is 0 Å². The molecule has 4 heteroatoms. The molecule has 1 aromatic heterocycles. The van der Waals surface area contributed by atoms with E-state index < -0.39 is 0 Å². The molecule has 2 nitrogen and oxygen atoms in total.